The van der Waals surface area contributed by atoms with Gasteiger partial charge in [0.1, 0.15) is 5.65 Å². The molecule has 0 radical (unpaired) electrons. The average Bonchev–Trinajstić information content (AvgIpc) is 2.80. The van der Waals surface area contributed by atoms with E-state index in [4.69, 9.17) is 0 Å². The summed E-state index contributed by atoms with van der Waals surface area (Å²) in [6, 6.07) is 14.5. The first-order chi connectivity index (χ1) is 8.83. The fraction of sp³-hybridized carbons (Fsp3) is 0.0714. The van der Waals surface area contributed by atoms with Gasteiger partial charge in [0.2, 0.25) is 0 Å². The SMILES string of the molecule is Brc1ccc2ncc(SCc3ccccc3)n2c1. The van der Waals surface area contributed by atoms with Crippen LogP contribution in [0.15, 0.2) is 64.4 Å². The molecule has 0 N–H and O–H groups in total. The average molecular weight is 319 g/mol. The Morgan fingerprint density at radius 3 is 2.78 bits per heavy atom. The van der Waals surface area contributed by atoms with Gasteiger partial charge in [0.15, 0.2) is 0 Å². The number of hydrogen-bond donors (Lipinski definition) is 0. The molecule has 2 aromatic heterocycles. The van der Waals surface area contributed by atoms with E-state index in [9.17, 15) is 0 Å². The van der Waals surface area contributed by atoms with Gasteiger partial charge in [-0.2, -0.15) is 0 Å². The molecule has 90 valence electrons. The number of aromatic nitrogens is 2. The van der Waals surface area contributed by atoms with Gasteiger partial charge in [-0.25, -0.2) is 4.98 Å². The molecular formula is C14H11BrN2S. The van der Waals surface area contributed by atoms with Crippen molar-refractivity contribution >= 4 is 33.3 Å². The number of rotatable bonds is 3. The van der Waals surface area contributed by atoms with Crippen LogP contribution < -0.4 is 0 Å². The van der Waals surface area contributed by atoms with Crippen LogP contribution in [0, 0.1) is 0 Å². The summed E-state index contributed by atoms with van der Waals surface area (Å²) in [6.07, 6.45) is 3.98. The van der Waals surface area contributed by atoms with Crippen molar-refractivity contribution in [2.24, 2.45) is 0 Å². The first kappa shape index (κ1) is 11.8. The Hall–Kier alpha value is -1.26. The van der Waals surface area contributed by atoms with Crippen LogP contribution in [-0.2, 0) is 5.75 Å². The smallest absolute Gasteiger partial charge is 0.137 e. The zero-order valence-electron chi connectivity index (χ0n) is 9.58. The predicted molar refractivity (Wildman–Crippen MR) is 78.9 cm³/mol. The first-order valence-electron chi connectivity index (χ1n) is 5.62. The maximum absolute atomic E-state index is 4.39. The lowest BCUT2D eigenvalue weighted by Gasteiger charge is -2.02. The Morgan fingerprint density at radius 2 is 1.94 bits per heavy atom. The van der Waals surface area contributed by atoms with Crippen molar-refractivity contribution in [3.63, 3.8) is 0 Å². The molecule has 0 aliphatic rings. The Labute approximate surface area is 118 Å². The van der Waals surface area contributed by atoms with E-state index in [2.05, 4.69) is 55.8 Å². The maximum atomic E-state index is 4.39. The van der Waals surface area contributed by atoms with Gasteiger partial charge >= 0.3 is 0 Å². The monoisotopic (exact) mass is 318 g/mol. The van der Waals surface area contributed by atoms with Crippen LogP contribution >= 0.6 is 27.7 Å². The molecular weight excluding hydrogens is 308 g/mol. The third-order valence-corrected chi connectivity index (χ3v) is 4.21. The first-order valence-corrected chi connectivity index (χ1v) is 7.40. The molecule has 2 nitrogen and oxygen atoms in total. The van der Waals surface area contributed by atoms with Crippen LogP contribution in [-0.4, -0.2) is 9.38 Å². The molecule has 0 atom stereocenters. The number of thioether (sulfide) groups is 1. The van der Waals surface area contributed by atoms with Crippen molar-refractivity contribution in [3.05, 3.63) is 64.9 Å². The molecule has 0 fully saturated rings. The molecule has 0 aliphatic carbocycles. The molecule has 0 unspecified atom stereocenters. The highest BCUT2D eigenvalue weighted by Crippen LogP contribution is 2.24. The number of imidazole rings is 1. The van der Waals surface area contributed by atoms with E-state index < -0.39 is 0 Å². The van der Waals surface area contributed by atoms with E-state index in [1.165, 1.54) is 5.56 Å². The zero-order chi connectivity index (χ0) is 12.4. The Bertz CT molecular complexity index is 664. The zero-order valence-corrected chi connectivity index (χ0v) is 12.0. The summed E-state index contributed by atoms with van der Waals surface area (Å²) in [7, 11) is 0. The lowest BCUT2D eigenvalue weighted by atomic mass is 10.2. The third-order valence-electron chi connectivity index (χ3n) is 2.67. The molecule has 0 amide bonds. The van der Waals surface area contributed by atoms with Gasteiger partial charge in [-0.3, -0.25) is 4.40 Å². The Balaban J connectivity index is 1.85. The van der Waals surface area contributed by atoms with E-state index in [0.717, 1.165) is 20.9 Å². The molecule has 1 aromatic carbocycles. The topological polar surface area (TPSA) is 17.3 Å². The van der Waals surface area contributed by atoms with Gasteiger partial charge in [-0.15, -0.1) is 11.8 Å². The normalized spacial score (nSPS) is 10.9. The van der Waals surface area contributed by atoms with Gasteiger partial charge < -0.3 is 0 Å². The summed E-state index contributed by atoms with van der Waals surface area (Å²) in [6.45, 7) is 0. The summed E-state index contributed by atoms with van der Waals surface area (Å²) in [5.74, 6) is 0.959. The van der Waals surface area contributed by atoms with Crippen molar-refractivity contribution in [3.8, 4) is 0 Å². The van der Waals surface area contributed by atoms with Crippen LogP contribution in [0.4, 0.5) is 0 Å². The van der Waals surface area contributed by atoms with Crippen molar-refractivity contribution < 1.29 is 0 Å². The van der Waals surface area contributed by atoms with Gasteiger partial charge in [0.25, 0.3) is 0 Å². The van der Waals surface area contributed by atoms with Crippen molar-refractivity contribution in [1.29, 1.82) is 0 Å². The Morgan fingerprint density at radius 1 is 1.11 bits per heavy atom. The van der Waals surface area contributed by atoms with Crippen LogP contribution in [0.3, 0.4) is 0 Å². The molecule has 3 aromatic rings. The van der Waals surface area contributed by atoms with Crippen LogP contribution in [0.2, 0.25) is 0 Å². The van der Waals surface area contributed by atoms with E-state index in [1.807, 2.05) is 24.4 Å². The van der Waals surface area contributed by atoms with Crippen LogP contribution in [0.5, 0.6) is 0 Å². The molecule has 18 heavy (non-hydrogen) atoms. The van der Waals surface area contributed by atoms with Gasteiger partial charge in [0.05, 0.1) is 11.2 Å². The standard InChI is InChI=1S/C14H11BrN2S/c15-12-6-7-13-16-8-14(17(13)9-12)18-10-11-4-2-1-3-5-11/h1-9H,10H2. The summed E-state index contributed by atoms with van der Waals surface area (Å²) in [5, 5.41) is 1.16. The van der Waals surface area contributed by atoms with E-state index in [0.29, 0.717) is 0 Å². The minimum Gasteiger partial charge on any atom is -0.294 e. The third kappa shape index (κ3) is 2.44. The van der Waals surface area contributed by atoms with Crippen molar-refractivity contribution in [2.75, 3.05) is 0 Å². The number of halogens is 1. The molecule has 0 spiro atoms. The second-order valence-electron chi connectivity index (χ2n) is 3.95. The second-order valence-corrected chi connectivity index (χ2v) is 5.86. The predicted octanol–water partition coefficient (Wildman–Crippen LogP) is 4.39. The van der Waals surface area contributed by atoms with E-state index in [1.54, 1.807) is 11.8 Å². The second kappa shape index (κ2) is 5.16. The van der Waals surface area contributed by atoms with Crippen molar-refractivity contribution in [1.82, 2.24) is 9.38 Å². The summed E-state index contributed by atoms with van der Waals surface area (Å²) >= 11 is 5.29. The van der Waals surface area contributed by atoms with Gasteiger partial charge in [0, 0.05) is 16.4 Å². The van der Waals surface area contributed by atoms with Crippen LogP contribution in [0.25, 0.3) is 5.65 Å². The molecule has 0 aliphatic heterocycles. The quantitative estimate of drug-likeness (QED) is 0.666. The van der Waals surface area contributed by atoms with Gasteiger partial charge in [-0.1, -0.05) is 30.3 Å². The highest BCUT2D eigenvalue weighted by molar-refractivity contribution is 9.10. The number of pyridine rings is 1. The van der Waals surface area contributed by atoms with E-state index in [-0.39, 0.29) is 0 Å². The Kier molecular flexibility index (Phi) is 3.39. The fourth-order valence-electron chi connectivity index (χ4n) is 1.77. The number of nitrogens with zero attached hydrogens (tertiary/aromatic N) is 2. The molecule has 2 heterocycles. The molecule has 3 rings (SSSR count). The molecule has 0 bridgehead atoms. The minimum absolute atomic E-state index is 0.959. The lowest BCUT2D eigenvalue weighted by Crippen LogP contribution is -1.87. The molecule has 4 heteroatoms. The van der Waals surface area contributed by atoms with Crippen LogP contribution in [0.1, 0.15) is 5.56 Å². The van der Waals surface area contributed by atoms with E-state index >= 15 is 0 Å². The highest BCUT2D eigenvalue weighted by atomic mass is 79.9. The summed E-state index contributed by atoms with van der Waals surface area (Å²) in [4.78, 5) is 4.39. The summed E-state index contributed by atoms with van der Waals surface area (Å²) in [5.41, 5.74) is 2.31. The highest BCUT2D eigenvalue weighted by Gasteiger charge is 2.04. The fourth-order valence-corrected chi connectivity index (χ4v) is 3.03. The summed E-state index contributed by atoms with van der Waals surface area (Å²) < 4.78 is 3.17. The molecule has 0 saturated heterocycles. The number of fused-ring (bicyclic) bond motifs is 1. The van der Waals surface area contributed by atoms with Gasteiger partial charge in [-0.05, 0) is 33.6 Å². The number of hydrogen-bond acceptors (Lipinski definition) is 2. The number of benzene rings is 1. The lowest BCUT2D eigenvalue weighted by molar-refractivity contribution is 1.04. The maximum Gasteiger partial charge on any atom is 0.137 e. The van der Waals surface area contributed by atoms with Crippen molar-refractivity contribution in [2.45, 2.75) is 10.8 Å². The largest absolute Gasteiger partial charge is 0.294 e. The minimum atomic E-state index is 0.959. The molecule has 0 saturated carbocycles.